The van der Waals surface area contributed by atoms with Gasteiger partial charge in [0.2, 0.25) is 0 Å². The number of benzene rings is 1. The fraction of sp³-hybridized carbons (Fsp3) is 0.455. The second-order valence-electron chi connectivity index (χ2n) is 7.07. The van der Waals surface area contributed by atoms with E-state index in [1.807, 2.05) is 0 Å². The number of fused-ring (bicyclic) bond motifs is 3. The van der Waals surface area contributed by atoms with Crippen LogP contribution in [0.4, 0.5) is 0 Å². The summed E-state index contributed by atoms with van der Waals surface area (Å²) >= 11 is 0. The molecule has 27 heavy (non-hydrogen) atoms. The van der Waals surface area contributed by atoms with E-state index in [0.717, 1.165) is 49.7 Å². The van der Waals surface area contributed by atoms with Crippen LogP contribution in [0.15, 0.2) is 36.6 Å². The summed E-state index contributed by atoms with van der Waals surface area (Å²) in [6.07, 6.45) is 7.48. The van der Waals surface area contributed by atoms with Gasteiger partial charge in [-0.15, -0.1) is 0 Å². The van der Waals surface area contributed by atoms with Crippen LogP contribution in [0, 0.1) is 0 Å². The Labute approximate surface area is 157 Å². The number of aryl methyl sites for hydroxylation is 2. The highest BCUT2D eigenvalue weighted by molar-refractivity contribution is 6.07. The van der Waals surface area contributed by atoms with Gasteiger partial charge in [0.25, 0.3) is 0 Å². The van der Waals surface area contributed by atoms with Gasteiger partial charge in [-0.3, -0.25) is 0 Å². The van der Waals surface area contributed by atoms with Gasteiger partial charge in [0, 0.05) is 18.2 Å². The van der Waals surface area contributed by atoms with E-state index in [2.05, 4.69) is 13.8 Å². The van der Waals surface area contributed by atoms with Crippen molar-refractivity contribution >= 4 is 21.9 Å². The third-order valence-corrected chi connectivity index (χ3v) is 4.96. The molecule has 144 valence electrons. The molecule has 0 radical (unpaired) electrons. The summed E-state index contributed by atoms with van der Waals surface area (Å²) < 4.78 is 10.8. The van der Waals surface area contributed by atoms with E-state index in [4.69, 9.17) is 8.83 Å². The van der Waals surface area contributed by atoms with E-state index in [9.17, 15) is 14.7 Å². The largest absolute Gasteiger partial charge is 0.507 e. The number of rotatable bonds is 8. The van der Waals surface area contributed by atoms with Gasteiger partial charge >= 0.3 is 11.3 Å². The monoisotopic (exact) mass is 370 g/mol. The highest BCUT2D eigenvalue weighted by Crippen LogP contribution is 2.36. The van der Waals surface area contributed by atoms with Gasteiger partial charge < -0.3 is 13.9 Å². The van der Waals surface area contributed by atoms with Crippen LogP contribution in [0.1, 0.15) is 63.5 Å². The molecule has 1 N–H and O–H groups in total. The zero-order valence-corrected chi connectivity index (χ0v) is 16.0. The average Bonchev–Trinajstić information content (AvgIpc) is 2.61. The highest BCUT2D eigenvalue weighted by Gasteiger charge is 2.18. The third kappa shape index (κ3) is 4.07. The van der Waals surface area contributed by atoms with Crippen LogP contribution in [0.25, 0.3) is 21.9 Å². The minimum atomic E-state index is -0.464. The lowest BCUT2D eigenvalue weighted by Gasteiger charge is -2.11. The number of phenols is 1. The lowest BCUT2D eigenvalue weighted by atomic mass is 9.97. The Morgan fingerprint density at radius 2 is 1.33 bits per heavy atom. The average molecular weight is 370 g/mol. The first-order chi connectivity index (χ1) is 13.0. The van der Waals surface area contributed by atoms with Gasteiger partial charge in [0.15, 0.2) is 5.58 Å². The summed E-state index contributed by atoms with van der Waals surface area (Å²) in [5, 5.41) is 11.7. The van der Waals surface area contributed by atoms with Gasteiger partial charge in [-0.05, 0) is 36.8 Å². The minimum absolute atomic E-state index is 0.0263. The molecule has 0 aliphatic carbocycles. The van der Waals surface area contributed by atoms with Crippen molar-refractivity contribution in [1.82, 2.24) is 0 Å². The number of phenolic OH excluding ortho intramolecular Hbond substituents is 1. The third-order valence-electron chi connectivity index (χ3n) is 4.96. The zero-order valence-electron chi connectivity index (χ0n) is 16.0. The fourth-order valence-electron chi connectivity index (χ4n) is 3.64. The number of aromatic hydroxyl groups is 1. The molecule has 5 nitrogen and oxygen atoms in total. The maximum absolute atomic E-state index is 12.2. The van der Waals surface area contributed by atoms with Crippen LogP contribution in [-0.2, 0) is 12.8 Å². The molecule has 2 heterocycles. The standard InChI is InChI=1S/C22H26O5/c1-3-5-7-9-14-11-19(25)27-22-20(14)16(23)13-17-21(22)15(10-8-6-4-2)12-18(24)26-17/h11-13,23H,3-10H2,1-2H3. The Bertz CT molecular complexity index is 1060. The molecule has 0 atom stereocenters. The summed E-state index contributed by atoms with van der Waals surface area (Å²) in [5.74, 6) is -0.0263. The molecule has 2 aromatic heterocycles. The van der Waals surface area contributed by atoms with E-state index in [1.165, 1.54) is 18.2 Å². The van der Waals surface area contributed by atoms with Crippen molar-refractivity contribution in [3.63, 3.8) is 0 Å². The Hall–Kier alpha value is -2.56. The Kier molecular flexibility index (Phi) is 5.99. The van der Waals surface area contributed by atoms with Gasteiger partial charge in [-0.1, -0.05) is 39.5 Å². The molecule has 0 bridgehead atoms. The van der Waals surface area contributed by atoms with E-state index >= 15 is 0 Å². The Balaban J connectivity index is 2.27. The molecule has 0 unspecified atom stereocenters. The van der Waals surface area contributed by atoms with Crippen molar-refractivity contribution in [2.75, 3.05) is 0 Å². The Morgan fingerprint density at radius 1 is 0.778 bits per heavy atom. The fourth-order valence-corrected chi connectivity index (χ4v) is 3.64. The van der Waals surface area contributed by atoms with Crippen LogP contribution in [-0.4, -0.2) is 5.11 Å². The van der Waals surface area contributed by atoms with Crippen LogP contribution in [0.5, 0.6) is 5.75 Å². The number of hydrogen-bond acceptors (Lipinski definition) is 5. The summed E-state index contributed by atoms with van der Waals surface area (Å²) in [5.41, 5.74) is 1.24. The van der Waals surface area contributed by atoms with E-state index in [1.54, 1.807) is 0 Å². The minimum Gasteiger partial charge on any atom is -0.507 e. The molecule has 0 aliphatic heterocycles. The lowest BCUT2D eigenvalue weighted by molar-refractivity contribution is 0.475. The van der Waals surface area contributed by atoms with Gasteiger partial charge in [0.1, 0.15) is 11.3 Å². The maximum atomic E-state index is 12.2. The molecule has 0 aliphatic rings. The molecule has 0 spiro atoms. The van der Waals surface area contributed by atoms with E-state index in [-0.39, 0.29) is 11.3 Å². The normalized spacial score (nSPS) is 11.5. The summed E-state index contributed by atoms with van der Waals surface area (Å²) in [6, 6.07) is 4.39. The van der Waals surface area contributed by atoms with Crippen molar-refractivity contribution in [3.05, 3.63) is 50.2 Å². The quantitative estimate of drug-likeness (QED) is 0.340. The molecular weight excluding hydrogens is 344 g/mol. The predicted molar refractivity (Wildman–Crippen MR) is 107 cm³/mol. The van der Waals surface area contributed by atoms with Crippen molar-refractivity contribution in [1.29, 1.82) is 0 Å². The summed E-state index contributed by atoms with van der Waals surface area (Å²) in [4.78, 5) is 24.1. The van der Waals surface area contributed by atoms with E-state index < -0.39 is 11.3 Å². The Morgan fingerprint density at radius 3 is 1.93 bits per heavy atom. The summed E-state index contributed by atoms with van der Waals surface area (Å²) in [6.45, 7) is 4.24. The topological polar surface area (TPSA) is 80.7 Å². The molecule has 0 saturated carbocycles. The van der Waals surface area contributed by atoms with Crippen LogP contribution in [0.3, 0.4) is 0 Å². The van der Waals surface area contributed by atoms with Crippen LogP contribution in [0.2, 0.25) is 0 Å². The van der Waals surface area contributed by atoms with Crippen molar-refractivity contribution < 1.29 is 13.9 Å². The number of hydrogen-bond donors (Lipinski definition) is 1. The molecule has 0 fully saturated rings. The zero-order chi connectivity index (χ0) is 19.4. The van der Waals surface area contributed by atoms with Crippen LogP contribution >= 0.6 is 0 Å². The SMILES string of the molecule is CCCCCc1cc(=O)oc2c1c(O)cc1oc(=O)cc(CCCCC)c12. The molecule has 0 saturated heterocycles. The molecule has 5 heteroatoms. The van der Waals surface area contributed by atoms with E-state index in [0.29, 0.717) is 29.2 Å². The number of unbranched alkanes of at least 4 members (excludes halogenated alkanes) is 4. The first-order valence-corrected chi connectivity index (χ1v) is 9.80. The lowest BCUT2D eigenvalue weighted by Crippen LogP contribution is -2.05. The summed E-state index contributed by atoms with van der Waals surface area (Å²) in [7, 11) is 0. The molecule has 0 amide bonds. The molecule has 3 rings (SSSR count). The molecule has 3 aromatic rings. The molecular formula is C22H26O5. The van der Waals surface area contributed by atoms with Crippen molar-refractivity contribution in [2.45, 2.75) is 65.2 Å². The van der Waals surface area contributed by atoms with Gasteiger partial charge in [-0.25, -0.2) is 9.59 Å². The second-order valence-corrected chi connectivity index (χ2v) is 7.07. The van der Waals surface area contributed by atoms with Gasteiger partial charge in [0.05, 0.1) is 10.8 Å². The van der Waals surface area contributed by atoms with Crippen LogP contribution < -0.4 is 11.3 Å². The first kappa shape index (κ1) is 19.2. The smallest absolute Gasteiger partial charge is 0.336 e. The highest BCUT2D eigenvalue weighted by atomic mass is 16.4. The predicted octanol–water partition coefficient (Wildman–Crippen LogP) is 5.07. The second kappa shape index (κ2) is 8.42. The van der Waals surface area contributed by atoms with Gasteiger partial charge in [-0.2, -0.15) is 0 Å². The maximum Gasteiger partial charge on any atom is 0.336 e. The first-order valence-electron chi connectivity index (χ1n) is 9.80. The van der Waals surface area contributed by atoms with Crippen molar-refractivity contribution in [2.24, 2.45) is 0 Å². The molecule has 1 aromatic carbocycles. The van der Waals surface area contributed by atoms with Crippen molar-refractivity contribution in [3.8, 4) is 5.75 Å².